The van der Waals surface area contributed by atoms with Gasteiger partial charge in [-0.1, -0.05) is 88.4 Å². The number of hydrogen-bond donors (Lipinski definition) is 0. The molecular formula is C47H43BN3S+. The van der Waals surface area contributed by atoms with Gasteiger partial charge in [0.05, 0.1) is 17.1 Å². The van der Waals surface area contributed by atoms with E-state index in [0.29, 0.717) is 0 Å². The minimum atomic E-state index is 0.0944. The van der Waals surface area contributed by atoms with Gasteiger partial charge in [0.2, 0.25) is 5.69 Å². The van der Waals surface area contributed by atoms with Crippen LogP contribution in [0.25, 0.3) is 15.8 Å². The van der Waals surface area contributed by atoms with E-state index in [1.165, 1.54) is 101 Å². The topological polar surface area (TPSA) is 10.4 Å². The van der Waals surface area contributed by atoms with Crippen molar-refractivity contribution >= 4 is 78.0 Å². The van der Waals surface area contributed by atoms with Gasteiger partial charge in [-0.2, -0.15) is 4.57 Å². The molecule has 0 bridgehead atoms. The van der Waals surface area contributed by atoms with Crippen LogP contribution in [0.1, 0.15) is 63.1 Å². The Kier molecular flexibility index (Phi) is 6.80. The van der Waals surface area contributed by atoms with Crippen LogP contribution in [0, 0.1) is 13.8 Å². The lowest BCUT2D eigenvalue weighted by molar-refractivity contribution is -0.609. The van der Waals surface area contributed by atoms with Crippen LogP contribution >= 0.6 is 11.3 Å². The summed E-state index contributed by atoms with van der Waals surface area (Å²) < 4.78 is 5.17. The SMILES string of the molecule is Cc1cccc(C)[n+]1-c1cc2c3c(c1)N(c1ccc4c(c1)C(C)(C)CCC4(C)C)c1c(sc4ccccc14)B3c1ccccc1N2c1ccccc1. The highest BCUT2D eigenvalue weighted by molar-refractivity contribution is 7.33. The zero-order valence-corrected chi connectivity index (χ0v) is 31.7. The van der Waals surface area contributed by atoms with Crippen molar-refractivity contribution in [3.63, 3.8) is 0 Å². The number of nitrogens with zero attached hydrogens (tertiary/aromatic N) is 3. The van der Waals surface area contributed by atoms with Gasteiger partial charge < -0.3 is 9.80 Å². The van der Waals surface area contributed by atoms with E-state index in [1.807, 2.05) is 11.3 Å². The average molecular weight is 693 g/mol. The summed E-state index contributed by atoms with van der Waals surface area (Å²) in [4.78, 5) is 5.15. The summed E-state index contributed by atoms with van der Waals surface area (Å²) in [7, 11) is 0. The summed E-state index contributed by atoms with van der Waals surface area (Å²) in [6.07, 6.45) is 2.39. The standard InChI is InChI=1S/C47H43BN3S/c1-30-15-14-16-31(2)49(30)34-28-40-43-41(29-34)51(33-23-24-36-37(27-33)47(5,6)26-25-46(36,3)4)44-35-19-10-13-22-42(35)52-45(44)48(43)38-20-11-12-21-39(38)50(40)32-17-8-7-9-18-32/h7-24,27-29H,25-26H2,1-6H3/q+1. The lowest BCUT2D eigenvalue weighted by Gasteiger charge is -2.44. The fourth-order valence-corrected chi connectivity index (χ4v) is 10.8. The second-order valence-electron chi connectivity index (χ2n) is 16.3. The molecule has 0 atom stereocenters. The van der Waals surface area contributed by atoms with E-state index in [4.69, 9.17) is 0 Å². The molecule has 1 aliphatic carbocycles. The smallest absolute Gasteiger partial charge is 0.264 e. The molecule has 0 N–H and O–H groups in total. The summed E-state index contributed by atoms with van der Waals surface area (Å²) in [5, 5.41) is 1.32. The minimum absolute atomic E-state index is 0.0944. The number of thiophene rings is 1. The number of hydrogen-bond acceptors (Lipinski definition) is 3. The summed E-state index contributed by atoms with van der Waals surface area (Å²) >= 11 is 1.97. The molecule has 0 fully saturated rings. The number of para-hydroxylation sites is 2. The lowest BCUT2D eigenvalue weighted by atomic mass is 9.36. The van der Waals surface area contributed by atoms with Gasteiger partial charge in [-0.3, -0.25) is 0 Å². The van der Waals surface area contributed by atoms with Crippen molar-refractivity contribution in [1.29, 1.82) is 0 Å². The highest BCUT2D eigenvalue weighted by Gasteiger charge is 2.46. The zero-order chi connectivity index (χ0) is 35.5. The molecule has 2 aliphatic heterocycles. The maximum absolute atomic E-state index is 2.64. The monoisotopic (exact) mass is 692 g/mol. The number of anilines is 6. The first-order chi connectivity index (χ1) is 25.1. The van der Waals surface area contributed by atoms with Crippen LogP contribution in [0.15, 0.2) is 127 Å². The van der Waals surface area contributed by atoms with E-state index in [-0.39, 0.29) is 17.5 Å². The van der Waals surface area contributed by atoms with Crippen LogP contribution < -0.4 is 30.1 Å². The number of pyridine rings is 1. The Bertz CT molecular complexity index is 2560. The van der Waals surface area contributed by atoms with Gasteiger partial charge in [0.15, 0.2) is 11.4 Å². The second kappa shape index (κ2) is 11.2. The molecule has 7 aromatic rings. The maximum Gasteiger partial charge on any atom is 0.264 e. The molecule has 10 rings (SSSR count). The van der Waals surface area contributed by atoms with E-state index in [0.717, 1.165) is 0 Å². The molecule has 5 aromatic carbocycles. The van der Waals surface area contributed by atoms with Gasteiger partial charge in [-0.25, -0.2) is 0 Å². The molecule has 0 saturated carbocycles. The largest absolute Gasteiger partial charge is 0.311 e. The first kappa shape index (κ1) is 31.6. The normalized spacial score (nSPS) is 16.3. The number of benzene rings is 5. The number of fused-ring (bicyclic) bond motifs is 7. The van der Waals surface area contributed by atoms with Gasteiger partial charge >= 0.3 is 0 Å². The Morgan fingerprint density at radius 2 is 1.25 bits per heavy atom. The highest BCUT2D eigenvalue weighted by atomic mass is 32.1. The van der Waals surface area contributed by atoms with E-state index >= 15 is 0 Å². The van der Waals surface area contributed by atoms with Crippen molar-refractivity contribution in [3.05, 3.63) is 150 Å². The Balaban J connectivity index is 1.36. The van der Waals surface area contributed by atoms with E-state index in [9.17, 15) is 0 Å². The minimum Gasteiger partial charge on any atom is -0.311 e. The zero-order valence-electron chi connectivity index (χ0n) is 30.9. The third kappa shape index (κ3) is 4.48. The molecule has 2 aromatic heterocycles. The van der Waals surface area contributed by atoms with E-state index in [2.05, 4.69) is 183 Å². The molecule has 254 valence electrons. The predicted octanol–water partition coefficient (Wildman–Crippen LogP) is 10.2. The van der Waals surface area contributed by atoms with Gasteiger partial charge in [-0.15, -0.1) is 11.3 Å². The lowest BCUT2D eigenvalue weighted by Crippen LogP contribution is -2.60. The Labute approximate surface area is 311 Å². The van der Waals surface area contributed by atoms with Crippen LogP contribution in [0.5, 0.6) is 0 Å². The third-order valence-corrected chi connectivity index (χ3v) is 13.4. The quantitative estimate of drug-likeness (QED) is 0.135. The number of aromatic nitrogens is 1. The highest BCUT2D eigenvalue weighted by Crippen LogP contribution is 2.51. The molecule has 0 spiro atoms. The summed E-state index contributed by atoms with van der Waals surface area (Å²) in [6, 6.07) is 48.0. The Morgan fingerprint density at radius 3 is 2.02 bits per heavy atom. The third-order valence-electron chi connectivity index (χ3n) is 12.2. The van der Waals surface area contributed by atoms with Crippen LogP contribution in [0.2, 0.25) is 0 Å². The van der Waals surface area contributed by atoms with Crippen molar-refractivity contribution in [1.82, 2.24) is 0 Å². The molecule has 4 heterocycles. The number of aryl methyl sites for hydroxylation is 2. The van der Waals surface area contributed by atoms with E-state index < -0.39 is 0 Å². The summed E-state index contributed by atoms with van der Waals surface area (Å²) in [6.45, 7) is 14.3. The van der Waals surface area contributed by atoms with Crippen LogP contribution in [0.4, 0.5) is 34.1 Å². The Hall–Kier alpha value is -5.13. The summed E-state index contributed by atoms with van der Waals surface area (Å²) in [5.74, 6) is 0. The van der Waals surface area contributed by atoms with Crippen molar-refractivity contribution in [3.8, 4) is 5.69 Å². The molecule has 52 heavy (non-hydrogen) atoms. The van der Waals surface area contributed by atoms with E-state index in [1.54, 1.807) is 0 Å². The fraction of sp³-hybridized carbons (Fsp3) is 0.213. The van der Waals surface area contributed by atoms with Crippen LogP contribution in [-0.2, 0) is 10.8 Å². The first-order valence-electron chi connectivity index (χ1n) is 18.7. The van der Waals surface area contributed by atoms with Gasteiger partial charge in [0, 0.05) is 70.0 Å². The molecule has 5 heteroatoms. The molecule has 0 saturated heterocycles. The average Bonchev–Trinajstić information content (AvgIpc) is 3.53. The molecule has 0 amide bonds. The van der Waals surface area contributed by atoms with Crippen LogP contribution in [-0.4, -0.2) is 6.71 Å². The molecule has 3 nitrogen and oxygen atoms in total. The van der Waals surface area contributed by atoms with Gasteiger partial charge in [0.25, 0.3) is 6.71 Å². The number of rotatable bonds is 3. The van der Waals surface area contributed by atoms with Crippen molar-refractivity contribution in [2.45, 2.75) is 65.2 Å². The Morgan fingerprint density at radius 1 is 0.596 bits per heavy atom. The first-order valence-corrected chi connectivity index (χ1v) is 19.5. The van der Waals surface area contributed by atoms with Crippen molar-refractivity contribution in [2.24, 2.45) is 0 Å². The van der Waals surface area contributed by atoms with Gasteiger partial charge in [0.1, 0.15) is 0 Å². The maximum atomic E-state index is 2.64. The molecular weight excluding hydrogens is 649 g/mol. The van der Waals surface area contributed by atoms with Crippen molar-refractivity contribution < 1.29 is 4.57 Å². The van der Waals surface area contributed by atoms with Gasteiger partial charge in [-0.05, 0) is 88.2 Å². The fourth-order valence-electron chi connectivity index (χ4n) is 9.49. The van der Waals surface area contributed by atoms with Crippen LogP contribution in [0.3, 0.4) is 0 Å². The summed E-state index contributed by atoms with van der Waals surface area (Å²) in [5.41, 5.74) is 17.0. The molecule has 0 unspecified atom stereocenters. The second-order valence-corrected chi connectivity index (χ2v) is 17.4. The predicted molar refractivity (Wildman–Crippen MR) is 222 cm³/mol. The van der Waals surface area contributed by atoms with Crippen molar-refractivity contribution in [2.75, 3.05) is 9.80 Å². The molecule has 3 aliphatic rings. The molecule has 0 radical (unpaired) electrons.